The van der Waals surface area contributed by atoms with Crippen molar-refractivity contribution in [2.24, 2.45) is 11.8 Å². The molecular formula is C59H72N12O12. The van der Waals surface area contributed by atoms with Gasteiger partial charge in [-0.05, 0) is 75.3 Å². The van der Waals surface area contributed by atoms with E-state index in [2.05, 4.69) is 46.9 Å². The Morgan fingerprint density at radius 3 is 1.71 bits per heavy atom. The Balaban J connectivity index is 1.02. The van der Waals surface area contributed by atoms with Crippen LogP contribution in [0.1, 0.15) is 164 Å². The number of carbonyl (C=O) groups excluding carboxylic acids is 9. The molecule has 24 nitrogen and oxygen atoms in total. The highest BCUT2D eigenvalue weighted by Gasteiger charge is 2.44. The molecule has 4 aliphatic rings. The molecule has 9 amide bonds. The van der Waals surface area contributed by atoms with Crippen molar-refractivity contribution >= 4 is 53.2 Å². The summed E-state index contributed by atoms with van der Waals surface area (Å²) in [6.45, 7) is 10.7. The van der Waals surface area contributed by atoms with Gasteiger partial charge in [-0.1, -0.05) is 94.8 Å². The monoisotopic (exact) mass is 1140 g/mol. The van der Waals surface area contributed by atoms with Crippen LogP contribution in [0.2, 0.25) is 0 Å². The molecule has 1 unspecified atom stereocenters. The number of aryl methyl sites for hydroxylation is 1. The van der Waals surface area contributed by atoms with Crippen LogP contribution in [-0.2, 0) is 41.6 Å². The van der Waals surface area contributed by atoms with E-state index < -0.39 is 108 Å². The quantitative estimate of drug-likeness (QED) is 0.134. The molecule has 6 bridgehead atoms. The van der Waals surface area contributed by atoms with E-state index in [0.717, 1.165) is 23.7 Å². The summed E-state index contributed by atoms with van der Waals surface area (Å²) >= 11 is 0. The molecule has 3 saturated heterocycles. The zero-order chi connectivity index (χ0) is 59.1. The van der Waals surface area contributed by atoms with Crippen molar-refractivity contribution in [2.75, 3.05) is 26.2 Å². The number of hydrogen-bond donors (Lipinski definition) is 6. The molecule has 3 fully saturated rings. The first-order chi connectivity index (χ1) is 39.9. The van der Waals surface area contributed by atoms with Crippen LogP contribution in [0.4, 0.5) is 0 Å². The summed E-state index contributed by atoms with van der Waals surface area (Å²) in [5.74, 6) is -5.67. The Bertz CT molecular complexity index is 3190. The largest absolute Gasteiger partial charge is 0.446 e. The molecule has 2 aromatic carbocycles. The SMILES string of the molecule is CC[C@H](C)[C@@H]1NC(=O)C2CCCN2C(=O)[C@H](Cc2ccccc2)NC(=O)c2coc(n2)[C@H](Cc2ccccc2)NC(=O)c2nc(oc2C)[C@H](C(C)C)NC(=O)CNC(=O)[C@@H]2CCCN2C(=O)[C@@H]2CCCN2C(=O)[C@H](C)NC(=O)c2coc1n2. The lowest BCUT2D eigenvalue weighted by molar-refractivity contribution is -0.147. The van der Waals surface area contributed by atoms with Crippen LogP contribution < -0.4 is 31.9 Å². The third kappa shape index (κ3) is 13.5. The fourth-order valence-corrected chi connectivity index (χ4v) is 11.2. The first-order valence-electron chi connectivity index (χ1n) is 28.6. The summed E-state index contributed by atoms with van der Waals surface area (Å²) in [7, 11) is 0. The summed E-state index contributed by atoms with van der Waals surface area (Å²) in [6.07, 6.45) is 5.52. The number of nitrogens with zero attached hydrogens (tertiary/aromatic N) is 6. The third-order valence-electron chi connectivity index (χ3n) is 16.0. The average Bonchev–Trinajstić information content (AvgIpc) is 4.56. The van der Waals surface area contributed by atoms with Crippen molar-refractivity contribution < 1.29 is 56.4 Å². The Kier molecular flexibility index (Phi) is 18.5. The maximum absolute atomic E-state index is 14.8. The number of benzene rings is 2. The van der Waals surface area contributed by atoms with E-state index in [1.807, 2.05) is 88.4 Å². The highest BCUT2D eigenvalue weighted by Crippen LogP contribution is 2.30. The van der Waals surface area contributed by atoms with Crippen LogP contribution in [0.3, 0.4) is 0 Å². The normalized spacial score (nSPS) is 25.2. The van der Waals surface area contributed by atoms with Gasteiger partial charge in [-0.25, -0.2) is 15.0 Å². The van der Waals surface area contributed by atoms with E-state index in [-0.39, 0.29) is 84.8 Å². The molecule has 0 aliphatic carbocycles. The zero-order valence-electron chi connectivity index (χ0n) is 47.5. The van der Waals surface area contributed by atoms with Crippen molar-refractivity contribution in [1.29, 1.82) is 0 Å². The molecule has 5 aromatic rings. The Morgan fingerprint density at radius 2 is 1.10 bits per heavy atom. The minimum atomic E-state index is -1.18. The molecule has 0 spiro atoms. The molecular weight excluding hydrogens is 1070 g/mol. The molecule has 7 heterocycles. The van der Waals surface area contributed by atoms with Crippen molar-refractivity contribution in [2.45, 2.75) is 148 Å². The number of rotatable bonds is 7. The predicted octanol–water partition coefficient (Wildman–Crippen LogP) is 3.95. The van der Waals surface area contributed by atoms with E-state index in [9.17, 15) is 43.2 Å². The number of carbonyl (C=O) groups is 9. The van der Waals surface area contributed by atoms with E-state index in [1.54, 1.807) is 6.92 Å². The van der Waals surface area contributed by atoms with Gasteiger partial charge in [0.25, 0.3) is 17.7 Å². The van der Waals surface area contributed by atoms with Crippen molar-refractivity contribution in [1.82, 2.24) is 61.6 Å². The van der Waals surface area contributed by atoms with Gasteiger partial charge in [-0.3, -0.25) is 43.2 Å². The topological polar surface area (TPSA) is 314 Å². The van der Waals surface area contributed by atoms with Gasteiger partial charge in [0.2, 0.25) is 53.1 Å². The number of hydrogen-bond acceptors (Lipinski definition) is 15. The lowest BCUT2D eigenvalue weighted by Crippen LogP contribution is -2.56. The third-order valence-corrected chi connectivity index (χ3v) is 16.0. The minimum Gasteiger partial charge on any atom is -0.446 e. The Hall–Kier alpha value is -8.70. The maximum Gasteiger partial charge on any atom is 0.274 e. The minimum absolute atomic E-state index is 0.0277. The van der Waals surface area contributed by atoms with Gasteiger partial charge in [-0.15, -0.1) is 0 Å². The van der Waals surface area contributed by atoms with Crippen LogP contribution in [-0.4, -0.2) is 139 Å². The fraction of sp³-hybridized carbons (Fsp3) is 0.492. The Labute approximate surface area is 480 Å². The molecule has 4 aliphatic heterocycles. The van der Waals surface area contributed by atoms with Gasteiger partial charge < -0.3 is 59.9 Å². The molecule has 6 N–H and O–H groups in total. The van der Waals surface area contributed by atoms with Crippen LogP contribution in [0.25, 0.3) is 0 Å². The molecule has 440 valence electrons. The molecule has 9 atom stereocenters. The van der Waals surface area contributed by atoms with Crippen LogP contribution in [0.5, 0.6) is 0 Å². The fourth-order valence-electron chi connectivity index (χ4n) is 11.2. The van der Waals surface area contributed by atoms with Crippen LogP contribution >= 0.6 is 0 Å². The first-order valence-corrected chi connectivity index (χ1v) is 28.6. The number of fused-ring (bicyclic) bond motifs is 9. The summed E-state index contributed by atoms with van der Waals surface area (Å²) in [4.78, 5) is 145. The van der Waals surface area contributed by atoms with Gasteiger partial charge in [0.1, 0.15) is 66.6 Å². The van der Waals surface area contributed by atoms with Crippen molar-refractivity contribution in [3.8, 4) is 0 Å². The van der Waals surface area contributed by atoms with Gasteiger partial charge in [0.05, 0.1) is 6.54 Å². The van der Waals surface area contributed by atoms with Gasteiger partial charge in [0, 0.05) is 32.5 Å². The predicted molar refractivity (Wildman–Crippen MR) is 296 cm³/mol. The van der Waals surface area contributed by atoms with Crippen LogP contribution in [0.15, 0.2) is 86.4 Å². The maximum atomic E-state index is 14.8. The average molecular weight is 1140 g/mol. The van der Waals surface area contributed by atoms with Crippen molar-refractivity contribution in [3.05, 3.63) is 125 Å². The first kappa shape index (κ1) is 58.9. The lowest BCUT2D eigenvalue weighted by atomic mass is 9.98. The second-order valence-electron chi connectivity index (χ2n) is 22.2. The summed E-state index contributed by atoms with van der Waals surface area (Å²) < 4.78 is 17.8. The second kappa shape index (κ2) is 26.0. The molecule has 24 heteroatoms. The van der Waals surface area contributed by atoms with E-state index in [4.69, 9.17) is 13.3 Å². The molecule has 3 aromatic heterocycles. The number of nitrogens with one attached hydrogen (secondary N) is 6. The molecule has 9 rings (SSSR count). The molecule has 0 saturated carbocycles. The van der Waals surface area contributed by atoms with E-state index in [0.29, 0.717) is 44.9 Å². The van der Waals surface area contributed by atoms with Gasteiger partial charge in [0.15, 0.2) is 17.1 Å². The van der Waals surface area contributed by atoms with Gasteiger partial charge >= 0.3 is 0 Å². The second-order valence-corrected chi connectivity index (χ2v) is 22.2. The number of oxazole rings is 3. The van der Waals surface area contributed by atoms with E-state index >= 15 is 0 Å². The number of amides is 9. The smallest absolute Gasteiger partial charge is 0.274 e. The van der Waals surface area contributed by atoms with Crippen LogP contribution in [0, 0.1) is 18.8 Å². The highest BCUT2D eigenvalue weighted by atomic mass is 16.4. The standard InChI is InChI=1S/C59H72N12O12/c1-7-33(4)47-55-65-40(31-82-55)49(73)61-34(5)57(78)71-26-16-23-44(71)59(80)70-25-14-21-42(70)51(75)60-29-45(72)66-46(32(2)3)56-68-48(35(6)83-56)53(77)62-38(27-36-17-10-8-11-18-36)54-64-41(30-81-54)50(74)63-39(28-37-19-12-9-13-20-37)58(79)69-24-15-22-43(69)52(76)67-47/h8-13,17-20,30-34,38-39,42-44,46-47H,7,14-16,21-29H2,1-6H3,(H,60,75)(H,61,73)(H,62,77)(H,63,74)(H,66,72)(H,67,76)/t33-,34-,38-,39-,42-,43?,44-,46-,47-/m0/s1. The highest BCUT2D eigenvalue weighted by molar-refractivity contribution is 5.99. The summed E-state index contributed by atoms with van der Waals surface area (Å²) in [5, 5.41) is 17.0. The summed E-state index contributed by atoms with van der Waals surface area (Å²) in [6, 6.07) is 10.6. The Morgan fingerprint density at radius 1 is 0.566 bits per heavy atom. The number of aromatic nitrogens is 3. The summed E-state index contributed by atoms with van der Waals surface area (Å²) in [5.41, 5.74) is 1.08. The zero-order valence-corrected chi connectivity index (χ0v) is 47.5. The lowest BCUT2D eigenvalue weighted by Gasteiger charge is -2.32. The van der Waals surface area contributed by atoms with Gasteiger partial charge in [-0.2, -0.15) is 0 Å². The van der Waals surface area contributed by atoms with Crippen molar-refractivity contribution in [3.63, 3.8) is 0 Å². The molecule has 83 heavy (non-hydrogen) atoms. The molecule has 0 radical (unpaired) electrons. The van der Waals surface area contributed by atoms with E-state index in [1.165, 1.54) is 21.6 Å².